The van der Waals surface area contributed by atoms with Crippen molar-refractivity contribution in [2.75, 3.05) is 0 Å². The molecule has 4 aliphatic rings. The molecular formula is C27H45ClO2. The molecule has 9 atom stereocenters. The summed E-state index contributed by atoms with van der Waals surface area (Å²) in [5.41, 5.74) is -1.08. The van der Waals surface area contributed by atoms with E-state index in [4.69, 9.17) is 11.6 Å². The van der Waals surface area contributed by atoms with Gasteiger partial charge in [0.05, 0.1) is 0 Å². The number of carbonyl (C=O) groups excluding carboxylic acids is 1. The lowest BCUT2D eigenvalue weighted by molar-refractivity contribution is -0.202. The molecule has 0 aromatic carbocycles. The van der Waals surface area contributed by atoms with Crippen LogP contribution in [-0.2, 0) is 4.79 Å². The molecule has 0 saturated heterocycles. The van der Waals surface area contributed by atoms with Crippen LogP contribution in [0.4, 0.5) is 0 Å². The highest BCUT2D eigenvalue weighted by molar-refractivity contribution is 6.21. The van der Waals surface area contributed by atoms with Crippen LogP contribution >= 0.6 is 11.6 Å². The fourth-order valence-electron chi connectivity index (χ4n) is 9.01. The third-order valence-corrected chi connectivity index (χ3v) is 11.2. The minimum Gasteiger partial charge on any atom is -0.381 e. The van der Waals surface area contributed by atoms with Crippen LogP contribution in [0.15, 0.2) is 0 Å². The number of hydrogen-bond acceptors (Lipinski definition) is 2. The van der Waals surface area contributed by atoms with E-state index in [0.29, 0.717) is 36.0 Å². The summed E-state index contributed by atoms with van der Waals surface area (Å²) in [7, 11) is 0. The van der Waals surface area contributed by atoms with Gasteiger partial charge in [-0.25, -0.2) is 0 Å². The second-order valence-corrected chi connectivity index (χ2v) is 13.3. The average molecular weight is 437 g/mol. The summed E-state index contributed by atoms with van der Waals surface area (Å²) in [6.45, 7) is 12.0. The normalized spacial score (nSPS) is 49.5. The van der Waals surface area contributed by atoms with Crippen LogP contribution in [0.25, 0.3) is 0 Å². The smallest absolute Gasteiger partial charge is 0.165 e. The number of hydrogen-bond donors (Lipinski definition) is 1. The molecule has 0 spiro atoms. The Hall–Kier alpha value is -0.0800. The summed E-state index contributed by atoms with van der Waals surface area (Å²) in [5.74, 6) is 4.11. The standard InChI is InChI=1S/C27H45ClO2/c1-17(2)7-6-8-18(3)21-9-10-22-20-15-24(29)27(30)16-19(28)11-14-26(27,5)23(20)12-13-25(21,22)4/h17-23,30H,6-16H2,1-5H3/t18-,19+,20+,21-,22+,23+,25-,26-,27+/m1/s1. The fraction of sp³-hybridized carbons (Fsp3) is 0.963. The van der Waals surface area contributed by atoms with Gasteiger partial charge in [-0.2, -0.15) is 0 Å². The quantitative estimate of drug-likeness (QED) is 0.470. The van der Waals surface area contributed by atoms with Gasteiger partial charge in [0, 0.05) is 23.6 Å². The zero-order valence-electron chi connectivity index (χ0n) is 20.1. The molecule has 1 N–H and O–H groups in total. The first-order valence-corrected chi connectivity index (χ1v) is 13.4. The monoisotopic (exact) mass is 436 g/mol. The van der Waals surface area contributed by atoms with Gasteiger partial charge in [0.2, 0.25) is 0 Å². The van der Waals surface area contributed by atoms with E-state index >= 15 is 0 Å². The van der Waals surface area contributed by atoms with E-state index < -0.39 is 5.60 Å². The molecule has 0 aromatic rings. The molecule has 0 radical (unpaired) electrons. The molecule has 172 valence electrons. The van der Waals surface area contributed by atoms with Crippen LogP contribution in [0.5, 0.6) is 0 Å². The minimum absolute atomic E-state index is 0.0556. The zero-order chi connectivity index (χ0) is 21.9. The Kier molecular flexibility index (Phi) is 6.20. The maximum atomic E-state index is 13.4. The van der Waals surface area contributed by atoms with Crippen molar-refractivity contribution >= 4 is 17.4 Å². The van der Waals surface area contributed by atoms with Gasteiger partial charge in [0.15, 0.2) is 5.78 Å². The third kappa shape index (κ3) is 3.42. The fourth-order valence-corrected chi connectivity index (χ4v) is 9.35. The molecular weight excluding hydrogens is 392 g/mol. The summed E-state index contributed by atoms with van der Waals surface area (Å²) in [6, 6.07) is 0. The Balaban J connectivity index is 1.54. The number of halogens is 1. The highest BCUT2D eigenvalue weighted by Crippen LogP contribution is 2.68. The van der Waals surface area contributed by atoms with Crippen LogP contribution in [0.2, 0.25) is 0 Å². The Morgan fingerprint density at radius 3 is 2.47 bits per heavy atom. The molecule has 4 aliphatic carbocycles. The van der Waals surface area contributed by atoms with Gasteiger partial charge in [-0.1, -0.05) is 53.9 Å². The van der Waals surface area contributed by atoms with E-state index in [-0.39, 0.29) is 16.6 Å². The first-order chi connectivity index (χ1) is 14.0. The molecule has 3 heteroatoms. The summed E-state index contributed by atoms with van der Waals surface area (Å²) >= 11 is 6.44. The highest BCUT2D eigenvalue weighted by Gasteiger charge is 2.67. The zero-order valence-corrected chi connectivity index (χ0v) is 20.8. The number of aliphatic hydroxyl groups is 1. The van der Waals surface area contributed by atoms with Crippen molar-refractivity contribution < 1.29 is 9.90 Å². The predicted molar refractivity (Wildman–Crippen MR) is 125 cm³/mol. The summed E-state index contributed by atoms with van der Waals surface area (Å²) < 4.78 is 0. The second-order valence-electron chi connectivity index (χ2n) is 12.7. The largest absolute Gasteiger partial charge is 0.381 e. The van der Waals surface area contributed by atoms with Crippen molar-refractivity contribution in [2.24, 2.45) is 46.3 Å². The van der Waals surface area contributed by atoms with Crippen LogP contribution < -0.4 is 0 Å². The van der Waals surface area contributed by atoms with Crippen LogP contribution in [-0.4, -0.2) is 21.9 Å². The topological polar surface area (TPSA) is 37.3 Å². The molecule has 0 heterocycles. The first kappa shape index (κ1) is 23.1. The average Bonchev–Trinajstić information content (AvgIpc) is 3.01. The molecule has 4 fully saturated rings. The molecule has 0 bridgehead atoms. The summed E-state index contributed by atoms with van der Waals surface area (Å²) in [6.07, 6.45) is 12.0. The molecule has 0 aliphatic heterocycles. The molecule has 30 heavy (non-hydrogen) atoms. The molecule has 0 unspecified atom stereocenters. The van der Waals surface area contributed by atoms with Gasteiger partial charge in [-0.05, 0) is 79.4 Å². The van der Waals surface area contributed by atoms with Crippen molar-refractivity contribution in [3.8, 4) is 0 Å². The van der Waals surface area contributed by atoms with E-state index in [1.807, 2.05) is 0 Å². The van der Waals surface area contributed by atoms with Gasteiger partial charge >= 0.3 is 0 Å². The van der Waals surface area contributed by atoms with Gasteiger partial charge in [-0.3, -0.25) is 4.79 Å². The summed E-state index contributed by atoms with van der Waals surface area (Å²) in [5, 5.41) is 11.5. The number of Topliss-reactive ketones (excluding diaryl/α,β-unsaturated/α-hetero) is 1. The van der Waals surface area contributed by atoms with Crippen molar-refractivity contribution in [3.63, 3.8) is 0 Å². The third-order valence-electron chi connectivity index (χ3n) is 10.8. The number of ketones is 1. The molecule has 0 amide bonds. The maximum absolute atomic E-state index is 13.4. The Morgan fingerprint density at radius 1 is 1.03 bits per heavy atom. The van der Waals surface area contributed by atoms with Crippen molar-refractivity contribution in [1.29, 1.82) is 0 Å². The van der Waals surface area contributed by atoms with E-state index in [0.717, 1.165) is 30.6 Å². The van der Waals surface area contributed by atoms with Crippen molar-refractivity contribution in [2.45, 2.75) is 116 Å². The van der Waals surface area contributed by atoms with Crippen LogP contribution in [0, 0.1) is 46.3 Å². The lowest BCUT2D eigenvalue weighted by Gasteiger charge is -2.63. The maximum Gasteiger partial charge on any atom is 0.165 e. The van der Waals surface area contributed by atoms with E-state index in [1.165, 1.54) is 44.9 Å². The number of carbonyl (C=O) groups is 1. The van der Waals surface area contributed by atoms with E-state index in [2.05, 4.69) is 34.6 Å². The first-order valence-electron chi connectivity index (χ1n) is 12.9. The van der Waals surface area contributed by atoms with Crippen LogP contribution in [0.1, 0.15) is 105 Å². The van der Waals surface area contributed by atoms with Gasteiger partial charge < -0.3 is 5.11 Å². The van der Waals surface area contributed by atoms with Gasteiger partial charge in [-0.15, -0.1) is 11.6 Å². The van der Waals surface area contributed by atoms with Gasteiger partial charge in [0.25, 0.3) is 0 Å². The van der Waals surface area contributed by atoms with E-state index in [1.54, 1.807) is 0 Å². The van der Waals surface area contributed by atoms with Crippen molar-refractivity contribution in [1.82, 2.24) is 0 Å². The van der Waals surface area contributed by atoms with Crippen LogP contribution in [0.3, 0.4) is 0 Å². The SMILES string of the molecule is CC(C)CCC[C@@H](C)[C@H]1CC[C@H]2[C@@H]3CC(=O)[C@@]4(O)C[C@@H](Cl)CC[C@]4(C)[C@H]3CC[C@]12C. The lowest BCUT2D eigenvalue weighted by atomic mass is 9.43. The van der Waals surface area contributed by atoms with E-state index in [9.17, 15) is 9.90 Å². The molecule has 2 nitrogen and oxygen atoms in total. The summed E-state index contributed by atoms with van der Waals surface area (Å²) in [4.78, 5) is 13.4. The minimum atomic E-state index is -1.19. The molecule has 4 saturated carbocycles. The van der Waals surface area contributed by atoms with Crippen molar-refractivity contribution in [3.05, 3.63) is 0 Å². The Morgan fingerprint density at radius 2 is 1.77 bits per heavy atom. The second kappa shape index (κ2) is 8.05. The highest BCUT2D eigenvalue weighted by atomic mass is 35.5. The Labute approximate surface area is 189 Å². The molecule has 4 rings (SSSR count). The number of alkyl halides is 1. The predicted octanol–water partition coefficient (Wildman–Crippen LogP) is 7.01. The number of fused-ring (bicyclic) bond motifs is 5. The lowest BCUT2D eigenvalue weighted by Crippen LogP contribution is -2.66. The Bertz CT molecular complexity index is 661. The molecule has 0 aromatic heterocycles. The van der Waals surface area contributed by atoms with Gasteiger partial charge in [0.1, 0.15) is 5.60 Å². The number of rotatable bonds is 5.